The lowest BCUT2D eigenvalue weighted by atomic mass is 9.42. The van der Waals surface area contributed by atoms with Crippen LogP contribution in [0.5, 0.6) is 11.5 Å². The Morgan fingerprint density at radius 3 is 2.30 bits per heavy atom. The Hall–Kier alpha value is -5.08. The standard InChI is InChI=1S/C33H34N6O7/c1-38(2)20-12-17(10-9-16-7-6-8-18(11-16)46-5)24(40)21-19(20)13-31(36)14-33(37)27(39(3)4)26(42)22(30(35)45)28(43)32(33,15-34)29(44)23(31)25(21)41/h6-8,11-12,22-23,27,40H,13-14,36-37H2,1-5H3,(H2,35,45)/t22?,23?,27-,31-,32+,33-/m1/s1. The molecule has 2 unspecified atom stereocenters. The molecule has 0 heterocycles. The number of primary amides is 1. The lowest BCUT2D eigenvalue weighted by Crippen LogP contribution is -2.85. The largest absolute Gasteiger partial charge is 0.506 e. The van der Waals surface area contributed by atoms with Crippen LogP contribution in [0, 0.1) is 40.4 Å². The summed E-state index contributed by atoms with van der Waals surface area (Å²) >= 11 is 0. The number of nitrogens with two attached hydrogens (primary N) is 3. The van der Waals surface area contributed by atoms with Crippen molar-refractivity contribution < 1.29 is 33.8 Å². The van der Waals surface area contributed by atoms with Crippen molar-refractivity contribution in [2.24, 2.45) is 34.5 Å². The highest BCUT2D eigenvalue weighted by molar-refractivity contribution is 6.33. The van der Waals surface area contributed by atoms with Gasteiger partial charge in [-0.1, -0.05) is 17.9 Å². The average molecular weight is 627 g/mol. The first-order valence-electron chi connectivity index (χ1n) is 14.3. The summed E-state index contributed by atoms with van der Waals surface area (Å²) in [4.78, 5) is 71.9. The summed E-state index contributed by atoms with van der Waals surface area (Å²) in [5.74, 6) is -3.93. The van der Waals surface area contributed by atoms with Crippen molar-refractivity contribution in [2.75, 3.05) is 40.2 Å². The maximum absolute atomic E-state index is 14.6. The van der Waals surface area contributed by atoms with Gasteiger partial charge in [0.1, 0.15) is 17.4 Å². The number of Topliss-reactive ketones (excluding diaryl/α,β-unsaturated/α-hetero) is 4. The number of likely N-dealkylation sites (N-methyl/N-ethyl adjacent to an activating group) is 1. The number of carbonyl (C=O) groups is 5. The second-order valence-electron chi connectivity index (χ2n) is 12.6. The monoisotopic (exact) mass is 626 g/mol. The fourth-order valence-electron chi connectivity index (χ4n) is 7.59. The fraction of sp³-hybridized carbons (Fsp3) is 0.394. The summed E-state index contributed by atoms with van der Waals surface area (Å²) in [6.07, 6.45) is -0.677. The summed E-state index contributed by atoms with van der Waals surface area (Å²) in [5, 5.41) is 22.0. The normalized spacial score (nSPS) is 29.9. The van der Waals surface area contributed by atoms with Gasteiger partial charge in [0.15, 0.2) is 34.5 Å². The molecule has 0 radical (unpaired) electrons. The molecule has 3 aliphatic rings. The van der Waals surface area contributed by atoms with Crippen LogP contribution in [0.4, 0.5) is 5.69 Å². The van der Waals surface area contributed by atoms with Gasteiger partial charge in [0.25, 0.3) is 0 Å². The number of ketones is 4. The smallest absolute Gasteiger partial charge is 0.235 e. The first kappa shape index (κ1) is 32.3. The number of aromatic hydroxyl groups is 1. The van der Waals surface area contributed by atoms with E-state index in [-0.39, 0.29) is 17.5 Å². The predicted molar refractivity (Wildman–Crippen MR) is 165 cm³/mol. The van der Waals surface area contributed by atoms with Crippen molar-refractivity contribution >= 4 is 34.7 Å². The molecule has 3 aliphatic carbocycles. The zero-order chi connectivity index (χ0) is 34.1. The van der Waals surface area contributed by atoms with Crippen LogP contribution in [0.3, 0.4) is 0 Å². The number of methoxy groups -OCH3 is 1. The summed E-state index contributed by atoms with van der Waals surface area (Å²) in [7, 11) is 7.84. The maximum atomic E-state index is 14.6. The highest BCUT2D eigenvalue weighted by atomic mass is 16.5. The van der Waals surface area contributed by atoms with Crippen molar-refractivity contribution in [2.45, 2.75) is 30.0 Å². The van der Waals surface area contributed by atoms with Gasteiger partial charge in [-0.15, -0.1) is 0 Å². The zero-order valence-electron chi connectivity index (χ0n) is 26.0. The number of nitrogens with zero attached hydrogens (tertiary/aromatic N) is 3. The molecule has 0 saturated heterocycles. The molecule has 1 amide bonds. The molecular formula is C33H34N6O7. The molecule has 0 aromatic heterocycles. The number of phenolic OH excluding ortho intramolecular Hbond substituents is 1. The summed E-state index contributed by atoms with van der Waals surface area (Å²) in [5.41, 5.74) is 13.6. The van der Waals surface area contributed by atoms with E-state index in [4.69, 9.17) is 21.9 Å². The van der Waals surface area contributed by atoms with Crippen molar-refractivity contribution in [3.63, 3.8) is 0 Å². The van der Waals surface area contributed by atoms with Crippen LogP contribution in [-0.2, 0) is 25.6 Å². The topological polar surface area (TPSA) is 223 Å². The maximum Gasteiger partial charge on any atom is 0.235 e. The number of ether oxygens (including phenoxy) is 1. The number of anilines is 1. The van der Waals surface area contributed by atoms with E-state index in [9.17, 15) is 34.3 Å². The fourth-order valence-corrected chi connectivity index (χ4v) is 7.59. The van der Waals surface area contributed by atoms with E-state index in [0.717, 1.165) is 0 Å². The van der Waals surface area contributed by atoms with Crippen LogP contribution in [0.2, 0.25) is 0 Å². The van der Waals surface area contributed by atoms with E-state index in [1.807, 2.05) is 0 Å². The van der Waals surface area contributed by atoms with Gasteiger partial charge < -0.3 is 31.9 Å². The molecule has 13 nitrogen and oxygen atoms in total. The summed E-state index contributed by atoms with van der Waals surface area (Å²) in [6, 6.07) is 8.73. The first-order chi connectivity index (χ1) is 21.5. The SMILES string of the molecule is COc1cccc(C#Cc2cc(N(C)C)c3c(c2O)C(=O)C2C(=O)[C@]4(C#N)C(=O)C(C(N)=O)C(=O)[C@@H](N(C)C)[C@]4(N)C[C@]2(N)C3)c1. The van der Waals surface area contributed by atoms with Crippen LogP contribution in [-0.4, -0.2) is 91.5 Å². The van der Waals surface area contributed by atoms with Crippen LogP contribution in [0.25, 0.3) is 0 Å². The van der Waals surface area contributed by atoms with E-state index in [1.54, 1.807) is 55.4 Å². The molecule has 2 aromatic carbocycles. The molecule has 2 aromatic rings. The highest BCUT2D eigenvalue weighted by Crippen LogP contribution is 2.57. The minimum atomic E-state index is -2.82. The van der Waals surface area contributed by atoms with E-state index < -0.39 is 75.6 Å². The number of amides is 1. The summed E-state index contributed by atoms with van der Waals surface area (Å²) in [6.45, 7) is 0. The van der Waals surface area contributed by atoms with E-state index in [0.29, 0.717) is 22.6 Å². The molecule has 5 rings (SSSR count). The van der Waals surface area contributed by atoms with E-state index in [1.165, 1.54) is 26.1 Å². The third kappa shape index (κ3) is 4.24. The van der Waals surface area contributed by atoms with Crippen molar-refractivity contribution in [1.82, 2.24) is 4.90 Å². The Labute approximate surface area is 265 Å². The molecule has 0 aliphatic heterocycles. The second-order valence-corrected chi connectivity index (χ2v) is 12.6. The van der Waals surface area contributed by atoms with Gasteiger partial charge in [-0.25, -0.2) is 0 Å². The van der Waals surface area contributed by atoms with Crippen molar-refractivity contribution in [3.8, 4) is 29.4 Å². The van der Waals surface area contributed by atoms with Gasteiger partial charge in [0.2, 0.25) is 5.91 Å². The Morgan fingerprint density at radius 1 is 1.07 bits per heavy atom. The Morgan fingerprint density at radius 2 is 1.74 bits per heavy atom. The molecule has 2 fully saturated rings. The van der Waals surface area contributed by atoms with Gasteiger partial charge >= 0.3 is 0 Å². The number of rotatable bonds is 4. The third-order valence-electron chi connectivity index (χ3n) is 9.46. The number of hydrogen-bond donors (Lipinski definition) is 4. The number of phenols is 1. The zero-order valence-corrected chi connectivity index (χ0v) is 26.0. The van der Waals surface area contributed by atoms with Gasteiger partial charge in [-0.05, 0) is 56.8 Å². The van der Waals surface area contributed by atoms with Gasteiger partial charge in [0, 0.05) is 30.9 Å². The molecule has 0 spiro atoms. The van der Waals surface area contributed by atoms with Crippen LogP contribution in [0.1, 0.15) is 33.5 Å². The lowest BCUT2D eigenvalue weighted by molar-refractivity contribution is -0.166. The Bertz CT molecular complexity index is 1850. The van der Waals surface area contributed by atoms with Crippen LogP contribution in [0.15, 0.2) is 30.3 Å². The number of benzene rings is 2. The number of nitriles is 1. The number of fused-ring (bicyclic) bond motifs is 3. The molecule has 13 heteroatoms. The van der Waals surface area contributed by atoms with Crippen LogP contribution >= 0.6 is 0 Å². The molecular weight excluding hydrogens is 592 g/mol. The molecule has 46 heavy (non-hydrogen) atoms. The van der Waals surface area contributed by atoms with Gasteiger partial charge in [0.05, 0.1) is 35.9 Å². The minimum Gasteiger partial charge on any atom is -0.506 e. The quantitative estimate of drug-likeness (QED) is 0.244. The average Bonchev–Trinajstić information content (AvgIpc) is 2.95. The van der Waals surface area contributed by atoms with Crippen molar-refractivity contribution in [1.29, 1.82) is 5.26 Å². The lowest BCUT2D eigenvalue weighted by Gasteiger charge is -2.60. The Kier molecular flexibility index (Phi) is 7.57. The predicted octanol–water partition coefficient (Wildman–Crippen LogP) is -0.717. The van der Waals surface area contributed by atoms with Gasteiger partial charge in [-0.3, -0.25) is 28.9 Å². The second kappa shape index (κ2) is 10.8. The Balaban J connectivity index is 1.74. The number of hydrogen-bond acceptors (Lipinski definition) is 12. The van der Waals surface area contributed by atoms with Gasteiger partial charge in [-0.2, -0.15) is 5.26 Å². The molecule has 6 atom stereocenters. The molecule has 7 N–H and O–H groups in total. The summed E-state index contributed by atoms with van der Waals surface area (Å²) < 4.78 is 5.24. The van der Waals surface area contributed by atoms with E-state index in [2.05, 4.69) is 11.8 Å². The highest BCUT2D eigenvalue weighted by Gasteiger charge is 2.78. The van der Waals surface area contributed by atoms with Crippen molar-refractivity contribution in [3.05, 3.63) is 52.6 Å². The molecule has 0 bridgehead atoms. The van der Waals surface area contributed by atoms with Crippen LogP contribution < -0.4 is 26.8 Å². The van der Waals surface area contributed by atoms with E-state index >= 15 is 0 Å². The number of carbonyl (C=O) groups excluding carboxylic acids is 5. The first-order valence-corrected chi connectivity index (χ1v) is 14.3. The third-order valence-corrected chi connectivity index (χ3v) is 9.46. The molecule has 2 saturated carbocycles. The molecule has 238 valence electrons. The minimum absolute atomic E-state index is 0.0790.